The number of hydrogen-bond donors (Lipinski definition) is 1. The molecule has 1 fully saturated rings. The monoisotopic (exact) mass is 246 g/mol. The second kappa shape index (κ2) is 6.42. The molecule has 2 nitrogen and oxygen atoms in total. The molecule has 1 atom stereocenters. The van der Waals surface area contributed by atoms with Crippen LogP contribution < -0.4 is 17.0 Å². The Morgan fingerprint density at radius 2 is 2.23 bits per heavy atom. The minimum Gasteiger partial charge on any atom is -1.00 e. The predicted molar refractivity (Wildman–Crippen MR) is 48.9 cm³/mol. The summed E-state index contributed by atoms with van der Waals surface area (Å²) in [4.78, 5) is 0. The van der Waals surface area contributed by atoms with Gasteiger partial charge in [-0.2, -0.15) is 0 Å². The summed E-state index contributed by atoms with van der Waals surface area (Å²) < 4.78 is 0.826. The molecule has 1 rings (SSSR count). The maximum absolute atomic E-state index is 8.91. The summed E-state index contributed by atoms with van der Waals surface area (Å²) >= 11 is 0. The van der Waals surface area contributed by atoms with Crippen molar-refractivity contribution in [2.24, 2.45) is 0 Å². The quantitative estimate of drug-likeness (QED) is 0.340. The van der Waals surface area contributed by atoms with Crippen molar-refractivity contribution in [2.45, 2.75) is 19.3 Å². The molecule has 0 aliphatic carbocycles. The van der Waals surface area contributed by atoms with Crippen molar-refractivity contribution >= 4 is 0 Å². The number of nitrogens with zero attached hydrogens (tertiary/aromatic N) is 1. The lowest BCUT2D eigenvalue weighted by Crippen LogP contribution is -3.00. The molecule has 1 unspecified atom stereocenters. The molecule has 0 spiro atoms. The van der Waals surface area contributed by atoms with Crippen LogP contribution in [0.4, 0.5) is 0 Å². The van der Waals surface area contributed by atoms with Gasteiger partial charge in [0, 0.05) is 0 Å². The fourth-order valence-electron chi connectivity index (χ4n) is 1.83. The molecular weight excluding hydrogens is 230 g/mol. The predicted octanol–water partition coefficient (Wildman–Crippen LogP) is -2.22. The summed E-state index contributed by atoms with van der Waals surface area (Å²) in [7, 11) is 0. The summed E-state index contributed by atoms with van der Waals surface area (Å²) in [5.41, 5.74) is 0. The molecule has 3 heteroatoms. The van der Waals surface area contributed by atoms with Crippen LogP contribution in [-0.4, -0.2) is 35.8 Å². The summed E-state index contributed by atoms with van der Waals surface area (Å²) in [5.74, 6) is 2.69. The lowest BCUT2D eigenvalue weighted by atomic mass is 10.1. The average Bonchev–Trinajstić information content (AvgIpc) is 2.07. The van der Waals surface area contributed by atoms with Gasteiger partial charge in [0.15, 0.2) is 0 Å². The van der Waals surface area contributed by atoms with Gasteiger partial charge < -0.3 is 26.6 Å². The first-order valence-electron chi connectivity index (χ1n) is 4.57. The number of halogens is 1. The van der Waals surface area contributed by atoms with E-state index >= 15 is 0 Å². The standard InChI is InChI=1S/C10H17NO.BrH/c1-2-6-11(9-10-12)7-4-3-5-8-11;/h1,7,12H,3-6,8-10H2;1H/p-1. The van der Waals surface area contributed by atoms with E-state index in [-0.39, 0.29) is 23.6 Å². The second-order valence-electron chi connectivity index (χ2n) is 3.43. The minimum atomic E-state index is 0. The first-order valence-corrected chi connectivity index (χ1v) is 4.57. The van der Waals surface area contributed by atoms with Crippen molar-refractivity contribution in [1.82, 2.24) is 0 Å². The zero-order valence-electron chi connectivity index (χ0n) is 7.88. The molecule has 76 valence electrons. The van der Waals surface area contributed by atoms with Gasteiger partial charge in [0.25, 0.3) is 0 Å². The third-order valence-electron chi connectivity index (χ3n) is 2.53. The number of likely N-dealkylation sites (tertiary alicyclic amines) is 1. The van der Waals surface area contributed by atoms with Crippen molar-refractivity contribution < 1.29 is 26.6 Å². The molecule has 1 aliphatic heterocycles. The van der Waals surface area contributed by atoms with Crippen LogP contribution in [0.5, 0.6) is 0 Å². The Morgan fingerprint density at radius 3 is 2.69 bits per heavy atom. The van der Waals surface area contributed by atoms with E-state index in [1.54, 1.807) is 0 Å². The molecule has 13 heavy (non-hydrogen) atoms. The lowest BCUT2D eigenvalue weighted by molar-refractivity contribution is -0.898. The molecule has 0 saturated carbocycles. The van der Waals surface area contributed by atoms with Gasteiger partial charge in [0.05, 0.1) is 19.7 Å². The van der Waals surface area contributed by atoms with Crippen molar-refractivity contribution in [3.8, 4) is 12.3 Å². The smallest absolute Gasteiger partial charge is 0.116 e. The Hall–Kier alpha value is -0.0400. The van der Waals surface area contributed by atoms with Crippen LogP contribution in [0.25, 0.3) is 0 Å². The van der Waals surface area contributed by atoms with E-state index in [2.05, 4.69) is 12.5 Å². The van der Waals surface area contributed by atoms with Crippen LogP contribution in [0.1, 0.15) is 19.3 Å². The van der Waals surface area contributed by atoms with Gasteiger partial charge in [-0.05, 0) is 12.3 Å². The van der Waals surface area contributed by atoms with Crippen molar-refractivity contribution in [3.63, 3.8) is 0 Å². The second-order valence-corrected chi connectivity index (χ2v) is 3.43. The molecule has 1 N–H and O–H groups in total. The summed E-state index contributed by atoms with van der Waals surface area (Å²) in [6.45, 7) is 5.12. The molecule has 0 aromatic rings. The topological polar surface area (TPSA) is 20.2 Å². The zero-order chi connectivity index (χ0) is 8.86. The number of aliphatic hydroxyl groups is 1. The van der Waals surface area contributed by atoms with Crippen LogP contribution in [-0.2, 0) is 0 Å². The first-order chi connectivity index (χ1) is 5.83. The maximum atomic E-state index is 8.91. The largest absolute Gasteiger partial charge is 1.00 e. The van der Waals surface area contributed by atoms with Gasteiger partial charge in [0.2, 0.25) is 0 Å². The zero-order valence-corrected chi connectivity index (χ0v) is 9.46. The Balaban J connectivity index is 0.00000144. The van der Waals surface area contributed by atoms with Gasteiger partial charge in [0.1, 0.15) is 6.54 Å². The average molecular weight is 247 g/mol. The number of quaternary nitrogens is 1. The van der Waals surface area contributed by atoms with Crippen LogP contribution in [0.3, 0.4) is 0 Å². The van der Waals surface area contributed by atoms with Gasteiger partial charge in [-0.1, -0.05) is 6.42 Å². The number of aliphatic hydroxyl groups excluding tert-OH is 1. The van der Waals surface area contributed by atoms with Crippen LogP contribution in [0.15, 0.2) is 0 Å². The number of piperidine rings is 1. The molecule has 0 aromatic carbocycles. The van der Waals surface area contributed by atoms with E-state index in [0.29, 0.717) is 0 Å². The Kier molecular flexibility index (Phi) is 6.40. The number of terminal acetylenes is 1. The number of hydrogen-bond acceptors (Lipinski definition) is 1. The summed E-state index contributed by atoms with van der Waals surface area (Å²) in [6, 6.07) is 0. The van der Waals surface area contributed by atoms with Gasteiger partial charge in [-0.15, -0.1) is 19.4 Å². The van der Waals surface area contributed by atoms with E-state index in [0.717, 1.165) is 30.5 Å². The molecule has 0 amide bonds. The Bertz CT molecular complexity index is 165. The molecule has 1 aliphatic rings. The van der Waals surface area contributed by atoms with Gasteiger partial charge in [-0.3, -0.25) is 0 Å². The summed E-state index contributed by atoms with van der Waals surface area (Å²) in [6.07, 6.45) is 8.96. The molecule has 1 heterocycles. The fraction of sp³-hybridized carbons (Fsp3) is 0.700. The van der Waals surface area contributed by atoms with Crippen LogP contribution >= 0.6 is 0 Å². The van der Waals surface area contributed by atoms with Gasteiger partial charge >= 0.3 is 0 Å². The minimum absolute atomic E-state index is 0. The van der Waals surface area contributed by atoms with Crippen molar-refractivity contribution in [3.05, 3.63) is 6.54 Å². The molecular formula is C10H17BrNO-. The highest BCUT2D eigenvalue weighted by Crippen LogP contribution is 2.21. The van der Waals surface area contributed by atoms with Crippen molar-refractivity contribution in [1.29, 1.82) is 0 Å². The lowest BCUT2D eigenvalue weighted by Gasteiger charge is -2.49. The maximum Gasteiger partial charge on any atom is 0.116 e. The van der Waals surface area contributed by atoms with E-state index in [1.165, 1.54) is 12.8 Å². The third kappa shape index (κ3) is 3.68. The first kappa shape index (κ1) is 13.0. The van der Waals surface area contributed by atoms with Crippen LogP contribution in [0.2, 0.25) is 0 Å². The van der Waals surface area contributed by atoms with Gasteiger partial charge in [-0.25, -0.2) is 0 Å². The normalized spacial score (nSPS) is 27.4. The molecule has 0 aromatic heterocycles. The van der Waals surface area contributed by atoms with Crippen molar-refractivity contribution in [2.75, 3.05) is 26.2 Å². The third-order valence-corrected chi connectivity index (χ3v) is 2.53. The molecule has 1 saturated heterocycles. The van der Waals surface area contributed by atoms with E-state index in [9.17, 15) is 0 Å². The van der Waals surface area contributed by atoms with E-state index in [4.69, 9.17) is 11.5 Å². The SMILES string of the molecule is C#CC[N+]1(CCO)[CH-]CCCC1.[Br-]. The summed E-state index contributed by atoms with van der Waals surface area (Å²) in [5, 5.41) is 8.91. The molecule has 0 radical (unpaired) electrons. The highest BCUT2D eigenvalue weighted by atomic mass is 79.9. The Labute approximate surface area is 91.3 Å². The highest BCUT2D eigenvalue weighted by Gasteiger charge is 2.19. The van der Waals surface area contributed by atoms with Crippen LogP contribution in [0, 0.1) is 18.9 Å². The fourth-order valence-corrected chi connectivity index (χ4v) is 1.83. The molecule has 0 bridgehead atoms. The Morgan fingerprint density at radius 1 is 1.46 bits per heavy atom. The van der Waals surface area contributed by atoms with E-state index in [1.807, 2.05) is 0 Å². The van der Waals surface area contributed by atoms with E-state index < -0.39 is 0 Å². The highest BCUT2D eigenvalue weighted by molar-refractivity contribution is 4.85. The number of rotatable bonds is 3.